The summed E-state index contributed by atoms with van der Waals surface area (Å²) in [5.41, 5.74) is 5.63. The van der Waals surface area contributed by atoms with Gasteiger partial charge in [0.2, 0.25) is 0 Å². The molecule has 1 aliphatic rings. The zero-order valence-electron chi connectivity index (χ0n) is 14.1. The summed E-state index contributed by atoms with van der Waals surface area (Å²) >= 11 is 2.94. The normalized spacial score (nSPS) is 14.0. The highest BCUT2D eigenvalue weighted by molar-refractivity contribution is 9.10. The first kappa shape index (κ1) is 19.4. The Labute approximate surface area is 163 Å². The van der Waals surface area contributed by atoms with Crippen LogP contribution in [0.1, 0.15) is 34.7 Å². The molecule has 0 saturated heterocycles. The summed E-state index contributed by atoms with van der Waals surface area (Å²) in [5.74, 6) is -2.17. The van der Waals surface area contributed by atoms with Crippen LogP contribution in [-0.2, 0) is 10.0 Å². The molecule has 7 nitrogen and oxygen atoms in total. The largest absolute Gasteiger partial charge is 0.505 e. The van der Waals surface area contributed by atoms with Crippen LogP contribution in [0.4, 0.5) is 10.1 Å². The van der Waals surface area contributed by atoms with E-state index < -0.39 is 27.5 Å². The van der Waals surface area contributed by atoms with Crippen LogP contribution >= 0.6 is 15.9 Å². The van der Waals surface area contributed by atoms with Crippen LogP contribution in [0.2, 0.25) is 0 Å². The third kappa shape index (κ3) is 3.86. The number of carbonyl (C=O) groups excluding carboxylic acids is 1. The average Bonchev–Trinajstić information content (AvgIpc) is 3.43. The minimum Gasteiger partial charge on any atom is -0.505 e. The van der Waals surface area contributed by atoms with Gasteiger partial charge in [-0.05, 0) is 58.5 Å². The first-order chi connectivity index (χ1) is 12.6. The van der Waals surface area contributed by atoms with Gasteiger partial charge >= 0.3 is 0 Å². The number of primary amides is 1. The highest BCUT2D eigenvalue weighted by atomic mass is 79.9. The lowest BCUT2D eigenvalue weighted by Gasteiger charge is -2.15. The number of nitrogens with one attached hydrogen (secondary N) is 1. The maximum absolute atomic E-state index is 13.7. The number of halogens is 2. The summed E-state index contributed by atoms with van der Waals surface area (Å²) in [6.45, 7) is 0. The zero-order valence-corrected chi connectivity index (χ0v) is 16.5. The second-order valence-corrected chi connectivity index (χ2v) is 8.63. The predicted molar refractivity (Wildman–Crippen MR) is 100 cm³/mol. The Bertz CT molecular complexity index is 1040. The smallest absolute Gasteiger partial charge is 0.265 e. The molecule has 2 aromatic carbocycles. The molecule has 0 aromatic heterocycles. The number of nitrogens with two attached hydrogens (primary N) is 1. The van der Waals surface area contributed by atoms with E-state index in [9.17, 15) is 22.7 Å². The molecule has 27 heavy (non-hydrogen) atoms. The van der Waals surface area contributed by atoms with Crippen LogP contribution in [0, 0.1) is 5.82 Å². The number of carbonyl (C=O) groups is 1. The van der Waals surface area contributed by atoms with Crippen molar-refractivity contribution in [2.24, 2.45) is 5.73 Å². The van der Waals surface area contributed by atoms with Crippen molar-refractivity contribution in [3.05, 3.63) is 45.7 Å². The lowest BCUT2D eigenvalue weighted by atomic mass is 10.0. The van der Waals surface area contributed by atoms with E-state index in [2.05, 4.69) is 20.7 Å². The van der Waals surface area contributed by atoms with Crippen LogP contribution in [-0.4, -0.2) is 26.5 Å². The minimum atomic E-state index is -4.27. The predicted octanol–water partition coefficient (Wildman–Crippen LogP) is 3.08. The Morgan fingerprint density at radius 1 is 1.33 bits per heavy atom. The molecule has 0 spiro atoms. The number of benzene rings is 2. The van der Waals surface area contributed by atoms with Gasteiger partial charge in [-0.3, -0.25) is 9.52 Å². The summed E-state index contributed by atoms with van der Waals surface area (Å²) in [4.78, 5) is 11.3. The molecule has 10 heteroatoms. The standard InChI is InChI=1S/C17H16BrFN2O5S/c1-26-14-7-12(19)11(18)6-15(14)27(24,25)21-13-5-9(8-2-3-8)4-10(16(13)22)17(20)23/h4-8,21-22H,2-3H2,1H3,(H2,20,23). The molecular weight excluding hydrogens is 443 g/mol. The highest BCUT2D eigenvalue weighted by Gasteiger charge is 2.29. The summed E-state index contributed by atoms with van der Waals surface area (Å²) < 4.78 is 46.4. The number of anilines is 1. The molecule has 1 aliphatic carbocycles. The molecular formula is C17H16BrFN2O5S. The molecule has 3 rings (SSSR count). The molecule has 0 bridgehead atoms. The van der Waals surface area contributed by atoms with E-state index in [1.165, 1.54) is 19.2 Å². The van der Waals surface area contributed by atoms with Gasteiger partial charge in [0.15, 0.2) is 5.75 Å². The average molecular weight is 459 g/mol. The Kier molecular flexibility index (Phi) is 5.04. The van der Waals surface area contributed by atoms with Gasteiger partial charge in [-0.25, -0.2) is 12.8 Å². The van der Waals surface area contributed by atoms with E-state index in [-0.39, 0.29) is 32.3 Å². The first-order valence-electron chi connectivity index (χ1n) is 7.86. The van der Waals surface area contributed by atoms with Crippen molar-refractivity contribution in [1.29, 1.82) is 0 Å². The van der Waals surface area contributed by atoms with Crippen LogP contribution < -0.4 is 15.2 Å². The Morgan fingerprint density at radius 2 is 2.00 bits per heavy atom. The first-order valence-corrected chi connectivity index (χ1v) is 10.1. The van der Waals surface area contributed by atoms with Crippen LogP contribution in [0.5, 0.6) is 11.5 Å². The number of aromatic hydroxyl groups is 1. The third-order valence-electron chi connectivity index (χ3n) is 4.19. The number of amides is 1. The van der Waals surface area contributed by atoms with E-state index in [1.54, 1.807) is 0 Å². The topological polar surface area (TPSA) is 119 Å². The maximum Gasteiger partial charge on any atom is 0.265 e. The highest BCUT2D eigenvalue weighted by Crippen LogP contribution is 2.44. The zero-order chi connectivity index (χ0) is 19.9. The number of rotatable bonds is 6. The van der Waals surface area contributed by atoms with Crippen molar-refractivity contribution < 1.29 is 27.4 Å². The number of ether oxygens (including phenoxy) is 1. The quantitative estimate of drug-likeness (QED) is 0.574. The molecule has 4 N–H and O–H groups in total. The molecule has 0 aliphatic heterocycles. The van der Waals surface area contributed by atoms with Crippen LogP contribution in [0.25, 0.3) is 0 Å². The van der Waals surface area contributed by atoms with E-state index in [4.69, 9.17) is 10.5 Å². The van der Waals surface area contributed by atoms with E-state index in [0.29, 0.717) is 5.56 Å². The van der Waals surface area contributed by atoms with Gasteiger partial charge in [0.25, 0.3) is 15.9 Å². The summed E-state index contributed by atoms with van der Waals surface area (Å²) in [5, 5.41) is 10.3. The van der Waals surface area contributed by atoms with Crippen molar-refractivity contribution >= 4 is 37.5 Å². The fourth-order valence-electron chi connectivity index (χ4n) is 2.65. The van der Waals surface area contributed by atoms with Gasteiger partial charge in [-0.15, -0.1) is 0 Å². The van der Waals surface area contributed by atoms with Crippen molar-refractivity contribution in [2.45, 2.75) is 23.7 Å². The van der Waals surface area contributed by atoms with E-state index in [1.807, 2.05) is 0 Å². The van der Waals surface area contributed by atoms with E-state index >= 15 is 0 Å². The summed E-state index contributed by atoms with van der Waals surface area (Å²) in [6, 6.07) is 4.89. The third-order valence-corrected chi connectivity index (χ3v) is 6.18. The Balaban J connectivity index is 2.09. The fourth-order valence-corrected chi connectivity index (χ4v) is 4.38. The molecule has 0 unspecified atom stereocenters. The molecule has 1 fully saturated rings. The lowest BCUT2D eigenvalue weighted by molar-refractivity contribution is 0.0997. The maximum atomic E-state index is 13.7. The Morgan fingerprint density at radius 3 is 2.56 bits per heavy atom. The number of hydrogen-bond donors (Lipinski definition) is 3. The number of methoxy groups -OCH3 is 1. The van der Waals surface area contributed by atoms with Crippen molar-refractivity contribution in [3.8, 4) is 11.5 Å². The van der Waals surface area contributed by atoms with Gasteiger partial charge in [0.05, 0.1) is 22.8 Å². The van der Waals surface area contributed by atoms with Gasteiger partial charge in [-0.1, -0.05) is 0 Å². The monoisotopic (exact) mass is 458 g/mol. The van der Waals surface area contributed by atoms with Gasteiger partial charge in [0, 0.05) is 6.07 Å². The summed E-state index contributed by atoms with van der Waals surface area (Å²) in [6.07, 6.45) is 1.79. The van der Waals surface area contributed by atoms with Gasteiger partial charge < -0.3 is 15.6 Å². The molecule has 0 heterocycles. The van der Waals surface area contributed by atoms with Crippen LogP contribution in [0.15, 0.2) is 33.6 Å². The number of phenols is 1. The lowest BCUT2D eigenvalue weighted by Crippen LogP contribution is -2.17. The molecule has 2 aromatic rings. The molecule has 1 saturated carbocycles. The molecule has 1 amide bonds. The van der Waals surface area contributed by atoms with Crippen LogP contribution in [0.3, 0.4) is 0 Å². The van der Waals surface area contributed by atoms with Crippen molar-refractivity contribution in [1.82, 2.24) is 0 Å². The molecule has 0 radical (unpaired) electrons. The molecule has 144 valence electrons. The second kappa shape index (κ2) is 7.01. The summed E-state index contributed by atoms with van der Waals surface area (Å²) in [7, 11) is -3.06. The van der Waals surface area contributed by atoms with Crippen molar-refractivity contribution in [3.63, 3.8) is 0 Å². The molecule has 0 atom stereocenters. The fraction of sp³-hybridized carbons (Fsp3) is 0.235. The van der Waals surface area contributed by atoms with Crippen molar-refractivity contribution in [2.75, 3.05) is 11.8 Å². The second-order valence-electron chi connectivity index (χ2n) is 6.13. The van der Waals surface area contributed by atoms with E-state index in [0.717, 1.165) is 25.0 Å². The number of sulfonamides is 1. The SMILES string of the molecule is COc1cc(F)c(Br)cc1S(=O)(=O)Nc1cc(C2CC2)cc(C(N)=O)c1O. The van der Waals surface area contributed by atoms with Gasteiger partial charge in [-0.2, -0.15) is 0 Å². The van der Waals surface area contributed by atoms with Gasteiger partial charge in [0.1, 0.15) is 16.5 Å². The minimum absolute atomic E-state index is 0.0718. The Hall–Kier alpha value is -2.33. The number of hydrogen-bond acceptors (Lipinski definition) is 5.